The van der Waals surface area contributed by atoms with Crippen LogP contribution in [0.4, 0.5) is 0 Å². The highest BCUT2D eigenvalue weighted by Gasteiger charge is 2.14. The zero-order valence-electron chi connectivity index (χ0n) is 7.37. The SMILES string of the molecule is C[C@@H](Br)c1ccc(Cl)c(S(N)(=O)=O)c1. The van der Waals surface area contributed by atoms with Gasteiger partial charge in [0.2, 0.25) is 10.0 Å². The lowest BCUT2D eigenvalue weighted by molar-refractivity contribution is 0.597. The van der Waals surface area contributed by atoms with E-state index in [0.717, 1.165) is 5.56 Å². The van der Waals surface area contributed by atoms with Crippen molar-refractivity contribution in [2.75, 3.05) is 0 Å². The van der Waals surface area contributed by atoms with Crippen molar-refractivity contribution in [2.45, 2.75) is 16.6 Å². The minimum absolute atomic E-state index is 0.0389. The number of hydrogen-bond acceptors (Lipinski definition) is 2. The molecule has 1 aromatic carbocycles. The maximum atomic E-state index is 11.1. The van der Waals surface area contributed by atoms with Crippen LogP contribution in [0.5, 0.6) is 0 Å². The van der Waals surface area contributed by atoms with Crippen molar-refractivity contribution in [3.05, 3.63) is 28.8 Å². The van der Waals surface area contributed by atoms with E-state index < -0.39 is 10.0 Å². The van der Waals surface area contributed by atoms with Crippen molar-refractivity contribution < 1.29 is 8.42 Å². The molecule has 0 heterocycles. The molecular weight excluding hydrogens is 290 g/mol. The molecule has 0 amide bonds. The van der Waals surface area contributed by atoms with Gasteiger partial charge in [-0.2, -0.15) is 0 Å². The van der Waals surface area contributed by atoms with Crippen LogP contribution in [0.15, 0.2) is 23.1 Å². The fourth-order valence-corrected chi connectivity index (χ4v) is 2.35. The van der Waals surface area contributed by atoms with Gasteiger partial charge in [0.05, 0.1) is 5.02 Å². The van der Waals surface area contributed by atoms with Crippen molar-refractivity contribution in [3.8, 4) is 0 Å². The van der Waals surface area contributed by atoms with Crippen molar-refractivity contribution in [2.24, 2.45) is 5.14 Å². The Morgan fingerprint density at radius 1 is 1.50 bits per heavy atom. The number of nitrogens with two attached hydrogens (primary N) is 1. The summed E-state index contributed by atoms with van der Waals surface area (Å²) < 4.78 is 22.2. The average Bonchev–Trinajstić information content (AvgIpc) is 2.02. The van der Waals surface area contributed by atoms with Crippen LogP contribution >= 0.6 is 27.5 Å². The van der Waals surface area contributed by atoms with Crippen LogP contribution in [0.2, 0.25) is 5.02 Å². The first-order valence-corrected chi connectivity index (χ1v) is 6.62. The molecule has 6 heteroatoms. The Morgan fingerprint density at radius 3 is 2.50 bits per heavy atom. The minimum Gasteiger partial charge on any atom is -0.225 e. The van der Waals surface area contributed by atoms with Crippen LogP contribution in [-0.2, 0) is 10.0 Å². The summed E-state index contributed by atoms with van der Waals surface area (Å²) in [4.78, 5) is 0.0169. The third kappa shape index (κ3) is 2.70. The van der Waals surface area contributed by atoms with Gasteiger partial charge in [-0.1, -0.05) is 33.6 Å². The second kappa shape index (κ2) is 4.18. The maximum absolute atomic E-state index is 11.1. The fraction of sp³-hybridized carbons (Fsp3) is 0.250. The van der Waals surface area contributed by atoms with E-state index in [-0.39, 0.29) is 14.7 Å². The number of benzene rings is 1. The summed E-state index contributed by atoms with van der Waals surface area (Å²) in [6.07, 6.45) is 0. The van der Waals surface area contributed by atoms with Crippen LogP contribution in [0.1, 0.15) is 17.3 Å². The van der Waals surface area contributed by atoms with Gasteiger partial charge >= 0.3 is 0 Å². The molecule has 0 radical (unpaired) electrons. The molecule has 0 fully saturated rings. The predicted octanol–water partition coefficient (Wildman–Crippen LogP) is 2.44. The van der Waals surface area contributed by atoms with Gasteiger partial charge in [-0.25, -0.2) is 13.6 Å². The van der Waals surface area contributed by atoms with E-state index >= 15 is 0 Å². The number of sulfonamides is 1. The van der Waals surface area contributed by atoms with E-state index in [0.29, 0.717) is 0 Å². The highest BCUT2D eigenvalue weighted by Crippen LogP contribution is 2.28. The average molecular weight is 299 g/mol. The standard InChI is InChI=1S/C8H9BrClNO2S/c1-5(9)6-2-3-7(10)8(4-6)14(11,12)13/h2-5H,1H3,(H2,11,12,13)/t5-/m1/s1. The van der Waals surface area contributed by atoms with Gasteiger partial charge in [-0.15, -0.1) is 0 Å². The quantitative estimate of drug-likeness (QED) is 0.853. The zero-order chi connectivity index (χ0) is 10.9. The molecule has 0 aliphatic carbocycles. The predicted molar refractivity (Wildman–Crippen MR) is 60.2 cm³/mol. The monoisotopic (exact) mass is 297 g/mol. The summed E-state index contributed by atoms with van der Waals surface area (Å²) in [5.74, 6) is 0. The van der Waals surface area contributed by atoms with Gasteiger partial charge in [0, 0.05) is 4.83 Å². The Kier molecular flexibility index (Phi) is 3.58. The van der Waals surface area contributed by atoms with Crippen LogP contribution in [0.25, 0.3) is 0 Å². The molecule has 0 aliphatic rings. The third-order valence-corrected chi connectivity index (χ3v) is 3.64. The van der Waals surface area contributed by atoms with Crippen LogP contribution in [-0.4, -0.2) is 8.42 Å². The maximum Gasteiger partial charge on any atom is 0.239 e. The van der Waals surface area contributed by atoms with Crippen LogP contribution in [0, 0.1) is 0 Å². The molecule has 0 aromatic heterocycles. The first-order valence-electron chi connectivity index (χ1n) is 3.78. The molecule has 0 aliphatic heterocycles. The minimum atomic E-state index is -3.74. The number of alkyl halides is 1. The molecule has 78 valence electrons. The van der Waals surface area contributed by atoms with E-state index in [4.69, 9.17) is 16.7 Å². The van der Waals surface area contributed by atoms with Gasteiger partial charge in [0.15, 0.2) is 0 Å². The smallest absolute Gasteiger partial charge is 0.225 e. The summed E-state index contributed by atoms with van der Waals surface area (Å²) in [5.41, 5.74) is 0.818. The summed E-state index contributed by atoms with van der Waals surface area (Å²) >= 11 is 9.04. The summed E-state index contributed by atoms with van der Waals surface area (Å²) in [6, 6.07) is 4.74. The highest BCUT2D eigenvalue weighted by atomic mass is 79.9. The third-order valence-electron chi connectivity index (χ3n) is 1.72. The molecule has 2 N–H and O–H groups in total. The van der Waals surface area contributed by atoms with E-state index in [9.17, 15) is 8.42 Å². The van der Waals surface area contributed by atoms with Gasteiger partial charge in [0.1, 0.15) is 4.90 Å². The summed E-state index contributed by atoms with van der Waals surface area (Å²) in [6.45, 7) is 1.89. The molecule has 1 aromatic rings. The van der Waals surface area contributed by atoms with Crippen molar-refractivity contribution in [1.82, 2.24) is 0 Å². The molecule has 1 atom stereocenters. The Morgan fingerprint density at radius 2 is 2.07 bits per heavy atom. The Bertz CT molecular complexity index is 445. The van der Waals surface area contributed by atoms with Crippen LogP contribution < -0.4 is 5.14 Å². The highest BCUT2D eigenvalue weighted by molar-refractivity contribution is 9.09. The molecular formula is C8H9BrClNO2S. The van der Waals surface area contributed by atoms with Crippen LogP contribution in [0.3, 0.4) is 0 Å². The number of halogens is 2. The molecule has 14 heavy (non-hydrogen) atoms. The molecule has 0 saturated heterocycles. The summed E-state index contributed by atoms with van der Waals surface area (Å²) in [7, 11) is -3.74. The second-order valence-electron chi connectivity index (χ2n) is 2.85. The van der Waals surface area contributed by atoms with Gasteiger partial charge in [-0.05, 0) is 24.6 Å². The second-order valence-corrected chi connectivity index (χ2v) is 6.16. The lowest BCUT2D eigenvalue weighted by Gasteiger charge is -2.07. The van der Waals surface area contributed by atoms with E-state index in [1.807, 2.05) is 6.92 Å². The normalized spacial score (nSPS) is 14.0. The van der Waals surface area contributed by atoms with Gasteiger partial charge in [0.25, 0.3) is 0 Å². The molecule has 0 bridgehead atoms. The molecule has 1 rings (SSSR count). The fourth-order valence-electron chi connectivity index (χ4n) is 0.985. The first kappa shape index (κ1) is 12.0. The van der Waals surface area contributed by atoms with Crippen molar-refractivity contribution >= 4 is 37.6 Å². The molecule has 0 spiro atoms. The Hall–Kier alpha value is -0.100. The number of rotatable bonds is 2. The zero-order valence-corrected chi connectivity index (χ0v) is 10.5. The van der Waals surface area contributed by atoms with Crippen molar-refractivity contribution in [1.29, 1.82) is 0 Å². The van der Waals surface area contributed by atoms with E-state index in [2.05, 4.69) is 15.9 Å². The molecule has 0 saturated carbocycles. The lowest BCUT2D eigenvalue weighted by atomic mass is 10.2. The topological polar surface area (TPSA) is 60.2 Å². The van der Waals surface area contributed by atoms with E-state index in [1.165, 1.54) is 12.1 Å². The van der Waals surface area contributed by atoms with Gasteiger partial charge in [-0.3, -0.25) is 0 Å². The number of hydrogen-bond donors (Lipinski definition) is 1. The van der Waals surface area contributed by atoms with E-state index in [1.54, 1.807) is 6.07 Å². The largest absolute Gasteiger partial charge is 0.239 e. The number of primary sulfonamides is 1. The van der Waals surface area contributed by atoms with Gasteiger partial charge < -0.3 is 0 Å². The summed E-state index contributed by atoms with van der Waals surface area (Å²) in [5, 5.41) is 5.14. The Labute approximate surface area is 96.4 Å². The lowest BCUT2D eigenvalue weighted by Crippen LogP contribution is -2.13. The first-order chi connectivity index (χ1) is 6.32. The Balaban J connectivity index is 3.37. The van der Waals surface area contributed by atoms with Crippen molar-refractivity contribution in [3.63, 3.8) is 0 Å². The molecule has 3 nitrogen and oxygen atoms in total. The molecule has 0 unspecified atom stereocenters.